The van der Waals surface area contributed by atoms with Crippen LogP contribution in [0.4, 0.5) is 8.78 Å². The van der Waals surface area contributed by atoms with Crippen molar-refractivity contribution in [2.45, 2.75) is 55.2 Å². The second-order valence-corrected chi connectivity index (χ2v) is 12.7. The molecule has 0 saturated heterocycles. The summed E-state index contributed by atoms with van der Waals surface area (Å²) in [6, 6.07) is 10.4. The Bertz CT molecular complexity index is 1910. The summed E-state index contributed by atoms with van der Waals surface area (Å²) < 4.78 is 43.2. The maximum absolute atomic E-state index is 16.2. The lowest BCUT2D eigenvalue weighted by Crippen LogP contribution is -2.49. The molecule has 0 bridgehead atoms. The molecule has 1 aliphatic heterocycles. The summed E-state index contributed by atoms with van der Waals surface area (Å²) >= 11 is 6.07. The Morgan fingerprint density at radius 3 is 2.64 bits per heavy atom. The normalized spacial score (nSPS) is 21.1. The van der Waals surface area contributed by atoms with E-state index in [4.69, 9.17) is 26.8 Å². The van der Waals surface area contributed by atoms with Crippen LogP contribution in [0.2, 0.25) is 5.02 Å². The average Bonchev–Trinajstić information content (AvgIpc) is 3.94. The number of carbonyl (C=O) groups excluding carboxylic acids is 2. The van der Waals surface area contributed by atoms with Crippen molar-refractivity contribution >= 4 is 28.9 Å². The van der Waals surface area contributed by atoms with Crippen LogP contribution in [0, 0.1) is 5.82 Å². The number of hydrogen-bond acceptors (Lipinski definition) is 7. The van der Waals surface area contributed by atoms with Gasteiger partial charge >= 0.3 is 0 Å². The number of halogens is 3. The van der Waals surface area contributed by atoms with Gasteiger partial charge < -0.3 is 25.6 Å². The first kappa shape index (κ1) is 29.4. The smallest absolute Gasteiger partial charge is 0.251 e. The quantitative estimate of drug-likeness (QED) is 0.248. The number of amides is 2. The van der Waals surface area contributed by atoms with Crippen molar-refractivity contribution < 1.29 is 33.0 Å². The van der Waals surface area contributed by atoms with Gasteiger partial charge in [-0.15, -0.1) is 0 Å². The number of nitrogens with one attached hydrogen (secondary N) is 1. The second-order valence-electron chi connectivity index (χ2n) is 12.3. The fraction of sp³-hybridized carbons (Fsp3) is 0.375. The van der Waals surface area contributed by atoms with Crippen LogP contribution in [0.3, 0.4) is 0 Å². The van der Waals surface area contributed by atoms with E-state index in [1.807, 2.05) is 6.07 Å². The van der Waals surface area contributed by atoms with Crippen LogP contribution in [-0.2, 0) is 15.8 Å². The third-order valence-electron chi connectivity index (χ3n) is 9.18. The van der Waals surface area contributed by atoms with Gasteiger partial charge in [0.25, 0.3) is 5.91 Å². The highest BCUT2D eigenvalue weighted by atomic mass is 35.5. The van der Waals surface area contributed by atoms with Gasteiger partial charge in [0.05, 0.1) is 35.6 Å². The number of aliphatic hydroxyl groups is 1. The molecule has 1 unspecified atom stereocenters. The van der Waals surface area contributed by atoms with E-state index in [2.05, 4.69) is 15.4 Å². The van der Waals surface area contributed by atoms with Crippen molar-refractivity contribution in [2.75, 3.05) is 20.3 Å². The predicted octanol–water partition coefficient (Wildman–Crippen LogP) is 4.33. The first-order chi connectivity index (χ1) is 21.4. The number of nitrogens with two attached hydrogens (primary N) is 1. The molecule has 3 aromatic heterocycles. The fourth-order valence-electron chi connectivity index (χ4n) is 5.89. The van der Waals surface area contributed by atoms with Crippen LogP contribution in [0.25, 0.3) is 16.8 Å². The minimum atomic E-state index is -2.32. The molecule has 7 rings (SSSR count). The molecule has 4 heterocycles. The topological polar surface area (TPSA) is 141 Å². The third-order valence-corrected chi connectivity index (χ3v) is 9.47. The summed E-state index contributed by atoms with van der Waals surface area (Å²) in [6.45, 7) is 0.901. The van der Waals surface area contributed by atoms with Crippen molar-refractivity contribution in [2.24, 2.45) is 5.73 Å². The van der Waals surface area contributed by atoms with Gasteiger partial charge in [-0.1, -0.05) is 11.6 Å². The maximum Gasteiger partial charge on any atom is 0.251 e. The number of pyridine rings is 2. The van der Waals surface area contributed by atoms with Crippen LogP contribution < -0.4 is 20.5 Å². The van der Waals surface area contributed by atoms with Crippen LogP contribution in [0.5, 0.6) is 11.6 Å². The second kappa shape index (κ2) is 10.1. The Kier molecular flexibility index (Phi) is 6.61. The highest BCUT2D eigenvalue weighted by Gasteiger charge is 2.62. The molecule has 2 saturated carbocycles. The summed E-state index contributed by atoms with van der Waals surface area (Å²) in [5, 5.41) is 19.2. The molecular formula is C32H30ClF2N5O5. The average molecular weight is 638 g/mol. The minimum Gasteiger partial charge on any atom is -0.489 e. The summed E-state index contributed by atoms with van der Waals surface area (Å²) in [6.07, 6.45) is 2.14. The summed E-state index contributed by atoms with van der Waals surface area (Å²) in [7, 11) is 1.47. The van der Waals surface area contributed by atoms with Gasteiger partial charge in [-0.05, 0) is 69.0 Å². The number of carbonyl (C=O) groups is 2. The molecule has 10 nitrogen and oxygen atoms in total. The monoisotopic (exact) mass is 637 g/mol. The Morgan fingerprint density at radius 1 is 1.24 bits per heavy atom. The SMILES string of the molecule is COc1cc(C(=O)NCC(O)(c2cc3c(c(-c4ccc(F)c(Cl)c4)n2)OC[C@]3(C)C(N)=O)C2(F)CC2)cc2cc(C3CC3)nn12. The van der Waals surface area contributed by atoms with Crippen molar-refractivity contribution in [3.8, 4) is 22.9 Å². The number of nitrogens with zero attached hydrogens (tertiary/aromatic N) is 3. The van der Waals surface area contributed by atoms with Gasteiger partial charge in [0.15, 0.2) is 5.60 Å². The van der Waals surface area contributed by atoms with E-state index in [9.17, 15) is 19.1 Å². The number of fused-ring (bicyclic) bond motifs is 2. The Labute approximate surface area is 261 Å². The number of hydrogen-bond donors (Lipinski definition) is 3. The highest BCUT2D eigenvalue weighted by molar-refractivity contribution is 6.31. The molecule has 13 heteroatoms. The molecule has 1 aromatic carbocycles. The Balaban J connectivity index is 1.28. The van der Waals surface area contributed by atoms with Gasteiger partial charge in [0.2, 0.25) is 11.8 Å². The number of benzene rings is 1. The molecule has 4 aromatic rings. The molecule has 45 heavy (non-hydrogen) atoms. The zero-order chi connectivity index (χ0) is 31.9. The molecular weight excluding hydrogens is 608 g/mol. The Hall–Kier alpha value is -4.29. The van der Waals surface area contributed by atoms with E-state index in [0.29, 0.717) is 22.9 Å². The van der Waals surface area contributed by atoms with Gasteiger partial charge in [0.1, 0.15) is 35.0 Å². The number of aromatic nitrogens is 3. The molecule has 0 radical (unpaired) electrons. The Morgan fingerprint density at radius 2 is 2.00 bits per heavy atom. The molecule has 2 atom stereocenters. The minimum absolute atomic E-state index is 0.0129. The van der Waals surface area contributed by atoms with E-state index < -0.39 is 40.9 Å². The van der Waals surface area contributed by atoms with Crippen LogP contribution >= 0.6 is 11.6 Å². The lowest BCUT2D eigenvalue weighted by molar-refractivity contribution is -0.123. The fourth-order valence-corrected chi connectivity index (χ4v) is 6.08. The van der Waals surface area contributed by atoms with Crippen molar-refractivity contribution in [3.05, 3.63) is 75.8 Å². The summed E-state index contributed by atoms with van der Waals surface area (Å²) in [5.74, 6) is -1.02. The van der Waals surface area contributed by atoms with Gasteiger partial charge in [-0.25, -0.2) is 18.3 Å². The van der Waals surface area contributed by atoms with Gasteiger partial charge in [-0.3, -0.25) is 9.59 Å². The molecule has 2 aliphatic carbocycles. The van der Waals surface area contributed by atoms with E-state index >= 15 is 4.39 Å². The first-order valence-corrected chi connectivity index (χ1v) is 15.0. The molecule has 4 N–H and O–H groups in total. The van der Waals surface area contributed by atoms with Crippen LogP contribution in [-0.4, -0.2) is 57.4 Å². The lowest BCUT2D eigenvalue weighted by Gasteiger charge is -2.33. The zero-order valence-corrected chi connectivity index (χ0v) is 25.3. The third kappa shape index (κ3) is 4.69. The van der Waals surface area contributed by atoms with Crippen molar-refractivity contribution in [3.63, 3.8) is 0 Å². The standard InChI is InChI=1S/C32H30ClF2N5O5/c1-30(29(36)42)15-45-27-20(30)13-24(38-26(27)17-5-6-22(34)21(33)10-17)32(43,31(35)7-8-31)14-37-28(41)18-9-19-12-23(16-3-4-16)39-40(19)25(11-18)44-2/h5-6,9-13,16,43H,3-4,7-8,14-15H2,1-2H3,(H2,36,42)(H,37,41)/t30-,32?/m0/s1. The number of ether oxygens (including phenoxy) is 2. The molecule has 3 aliphatic rings. The highest BCUT2D eigenvalue weighted by Crippen LogP contribution is 2.55. The van der Waals surface area contributed by atoms with Crippen molar-refractivity contribution in [1.82, 2.24) is 19.9 Å². The number of methoxy groups -OCH3 is 1. The molecule has 0 spiro atoms. The van der Waals surface area contributed by atoms with Gasteiger partial charge in [0, 0.05) is 28.7 Å². The zero-order valence-electron chi connectivity index (χ0n) is 24.5. The van der Waals surface area contributed by atoms with E-state index in [-0.39, 0.29) is 52.7 Å². The predicted molar refractivity (Wildman–Crippen MR) is 160 cm³/mol. The summed E-state index contributed by atoms with van der Waals surface area (Å²) in [5.41, 5.74) is 2.36. The van der Waals surface area contributed by atoms with Crippen LogP contribution in [0.15, 0.2) is 42.5 Å². The first-order valence-electron chi connectivity index (χ1n) is 14.6. The number of alkyl halides is 1. The maximum atomic E-state index is 16.2. The molecule has 2 amide bonds. The molecule has 234 valence electrons. The number of rotatable bonds is 9. The van der Waals surface area contributed by atoms with Gasteiger partial charge in [-0.2, -0.15) is 5.10 Å². The summed E-state index contributed by atoms with van der Waals surface area (Å²) in [4.78, 5) is 30.7. The number of primary amides is 1. The lowest BCUT2D eigenvalue weighted by atomic mass is 9.80. The van der Waals surface area contributed by atoms with Crippen molar-refractivity contribution in [1.29, 1.82) is 0 Å². The van der Waals surface area contributed by atoms with E-state index in [1.165, 1.54) is 31.4 Å². The van der Waals surface area contributed by atoms with E-state index in [1.54, 1.807) is 17.5 Å². The molecule has 2 fully saturated rings. The van der Waals surface area contributed by atoms with Crippen LogP contribution in [0.1, 0.15) is 65.8 Å². The largest absolute Gasteiger partial charge is 0.489 e. The van der Waals surface area contributed by atoms with E-state index in [0.717, 1.165) is 24.6 Å².